The van der Waals surface area contributed by atoms with Crippen molar-refractivity contribution in [1.29, 1.82) is 5.26 Å². The highest BCUT2D eigenvalue weighted by Crippen LogP contribution is 2.39. The highest BCUT2D eigenvalue weighted by Gasteiger charge is 2.36. The van der Waals surface area contributed by atoms with E-state index in [0.29, 0.717) is 12.1 Å². The summed E-state index contributed by atoms with van der Waals surface area (Å²) in [7, 11) is 1.90. The van der Waals surface area contributed by atoms with Gasteiger partial charge in [-0.1, -0.05) is 12.1 Å². The molecule has 1 aromatic heterocycles. The Hall–Kier alpha value is -3.73. The molecule has 0 spiro atoms. The fraction of sp³-hybridized carbons (Fsp3) is 0.250. The van der Waals surface area contributed by atoms with E-state index in [4.69, 9.17) is 15.2 Å². The molecule has 144 valence electrons. The second-order valence-corrected chi connectivity index (χ2v) is 6.44. The molecule has 8 heteroatoms. The summed E-state index contributed by atoms with van der Waals surface area (Å²) in [5, 5.41) is 19.1. The first-order valence-corrected chi connectivity index (χ1v) is 8.66. The lowest BCUT2D eigenvalue weighted by molar-refractivity contribution is -0.671. The van der Waals surface area contributed by atoms with E-state index in [1.165, 1.54) is 12.1 Å². The van der Waals surface area contributed by atoms with Crippen LogP contribution in [0, 0.1) is 11.3 Å². The molecule has 0 saturated heterocycles. The van der Waals surface area contributed by atoms with E-state index in [0.717, 1.165) is 0 Å². The molecule has 1 aromatic carbocycles. The quantitative estimate of drug-likeness (QED) is 0.597. The van der Waals surface area contributed by atoms with Gasteiger partial charge in [0.05, 0.1) is 18.5 Å². The Labute approximate surface area is 162 Å². The summed E-state index contributed by atoms with van der Waals surface area (Å²) in [5.74, 6) is -0.985. The standard InChI is InChI=1S/C20H20N4O4/c1-13-17(20(26)27-10-9-24-8-7-23(2)12-24)18(16(11-21)19(22)28-13)14-3-5-15(25)6-4-14/h3-8,12,18H,9-10,22H2,1-2H3/p+1. The lowest BCUT2D eigenvalue weighted by Gasteiger charge is -2.26. The summed E-state index contributed by atoms with van der Waals surface area (Å²) in [6.07, 6.45) is 5.63. The van der Waals surface area contributed by atoms with Gasteiger partial charge < -0.3 is 20.3 Å². The summed E-state index contributed by atoms with van der Waals surface area (Å²) in [6, 6.07) is 8.27. The Morgan fingerprint density at radius 2 is 2.14 bits per heavy atom. The van der Waals surface area contributed by atoms with Gasteiger partial charge in [0.1, 0.15) is 48.7 Å². The van der Waals surface area contributed by atoms with Crippen molar-refractivity contribution in [2.75, 3.05) is 6.61 Å². The monoisotopic (exact) mass is 381 g/mol. The number of ether oxygens (including phenoxy) is 2. The first-order chi connectivity index (χ1) is 13.4. The number of carbonyl (C=O) groups is 1. The normalized spacial score (nSPS) is 16.5. The van der Waals surface area contributed by atoms with Crippen LogP contribution in [0.3, 0.4) is 0 Å². The number of aryl methyl sites for hydroxylation is 1. The van der Waals surface area contributed by atoms with E-state index in [1.807, 2.05) is 41.0 Å². The van der Waals surface area contributed by atoms with Crippen LogP contribution in [-0.2, 0) is 27.9 Å². The van der Waals surface area contributed by atoms with Crippen LogP contribution < -0.4 is 10.3 Å². The molecule has 8 nitrogen and oxygen atoms in total. The molecule has 0 saturated carbocycles. The molecule has 0 radical (unpaired) electrons. The molecule has 1 aliphatic rings. The van der Waals surface area contributed by atoms with Crippen LogP contribution in [0.25, 0.3) is 0 Å². The summed E-state index contributed by atoms with van der Waals surface area (Å²) >= 11 is 0. The van der Waals surface area contributed by atoms with Gasteiger partial charge in [-0.25, -0.2) is 13.9 Å². The fourth-order valence-corrected chi connectivity index (χ4v) is 3.10. The smallest absolute Gasteiger partial charge is 0.338 e. The third-order valence-electron chi connectivity index (χ3n) is 4.46. The van der Waals surface area contributed by atoms with Gasteiger partial charge in [0.25, 0.3) is 0 Å². The van der Waals surface area contributed by atoms with Crippen molar-refractivity contribution in [1.82, 2.24) is 4.57 Å². The lowest BCUT2D eigenvalue weighted by atomic mass is 9.83. The van der Waals surface area contributed by atoms with Crippen molar-refractivity contribution in [3.8, 4) is 11.8 Å². The number of carbonyl (C=O) groups excluding carboxylic acids is 1. The molecule has 1 unspecified atom stereocenters. The van der Waals surface area contributed by atoms with Crippen LogP contribution in [0.1, 0.15) is 18.4 Å². The van der Waals surface area contributed by atoms with E-state index >= 15 is 0 Å². The Kier molecular flexibility index (Phi) is 5.36. The predicted molar refractivity (Wildman–Crippen MR) is 98.0 cm³/mol. The van der Waals surface area contributed by atoms with Crippen molar-refractivity contribution in [2.24, 2.45) is 12.8 Å². The minimum Gasteiger partial charge on any atom is -0.508 e. The highest BCUT2D eigenvalue weighted by atomic mass is 16.5. The number of esters is 1. The van der Waals surface area contributed by atoms with E-state index in [2.05, 4.69) is 0 Å². The predicted octanol–water partition coefficient (Wildman–Crippen LogP) is 1.34. The summed E-state index contributed by atoms with van der Waals surface area (Å²) in [5.41, 5.74) is 6.84. The van der Waals surface area contributed by atoms with Crippen molar-refractivity contribution in [3.63, 3.8) is 0 Å². The summed E-state index contributed by atoms with van der Waals surface area (Å²) in [4.78, 5) is 12.8. The zero-order valence-electron chi connectivity index (χ0n) is 15.6. The van der Waals surface area contributed by atoms with Crippen LogP contribution in [0.15, 0.2) is 65.8 Å². The van der Waals surface area contributed by atoms with Gasteiger partial charge >= 0.3 is 5.97 Å². The number of nitriles is 1. The number of imidazole rings is 1. The number of aromatic hydroxyl groups is 1. The Morgan fingerprint density at radius 1 is 1.43 bits per heavy atom. The van der Waals surface area contributed by atoms with Gasteiger partial charge in [0.2, 0.25) is 12.2 Å². The van der Waals surface area contributed by atoms with Crippen molar-refractivity contribution >= 4 is 5.97 Å². The van der Waals surface area contributed by atoms with Crippen LogP contribution in [0.2, 0.25) is 0 Å². The molecule has 2 heterocycles. The number of nitrogens with zero attached hydrogens (tertiary/aromatic N) is 3. The maximum atomic E-state index is 12.8. The van der Waals surface area contributed by atoms with Crippen LogP contribution >= 0.6 is 0 Å². The fourth-order valence-electron chi connectivity index (χ4n) is 3.10. The van der Waals surface area contributed by atoms with E-state index in [9.17, 15) is 15.2 Å². The number of rotatable bonds is 5. The number of hydrogen-bond acceptors (Lipinski definition) is 6. The second kappa shape index (κ2) is 7.88. The number of phenols is 1. The third kappa shape index (κ3) is 3.83. The number of hydrogen-bond donors (Lipinski definition) is 2. The minimum atomic E-state index is -0.726. The molecular weight excluding hydrogens is 360 g/mol. The number of allylic oxidation sites excluding steroid dienone is 2. The number of benzene rings is 1. The number of aromatic nitrogens is 2. The zero-order chi connectivity index (χ0) is 20.3. The van der Waals surface area contributed by atoms with Gasteiger partial charge in [-0.05, 0) is 24.6 Å². The maximum Gasteiger partial charge on any atom is 0.338 e. The second-order valence-electron chi connectivity index (χ2n) is 6.44. The van der Waals surface area contributed by atoms with Crippen molar-refractivity contribution in [3.05, 3.63) is 71.3 Å². The van der Waals surface area contributed by atoms with Crippen molar-refractivity contribution in [2.45, 2.75) is 19.4 Å². The van der Waals surface area contributed by atoms with Crippen molar-refractivity contribution < 1.29 is 23.9 Å². The number of phenolic OH excluding ortho intramolecular Hbond substituents is 1. The molecule has 0 aliphatic carbocycles. The molecule has 2 aromatic rings. The molecule has 28 heavy (non-hydrogen) atoms. The average molecular weight is 381 g/mol. The number of nitrogens with two attached hydrogens (primary N) is 1. The molecule has 1 atom stereocenters. The van der Waals surface area contributed by atoms with E-state index in [1.54, 1.807) is 19.1 Å². The Balaban J connectivity index is 1.85. The lowest BCUT2D eigenvalue weighted by Crippen LogP contribution is -2.26. The topological polar surface area (TPSA) is 114 Å². The Bertz CT molecular complexity index is 996. The summed E-state index contributed by atoms with van der Waals surface area (Å²) < 4.78 is 14.6. The first-order valence-electron chi connectivity index (χ1n) is 8.66. The van der Waals surface area contributed by atoms with Gasteiger partial charge in [0.15, 0.2) is 0 Å². The average Bonchev–Trinajstić information content (AvgIpc) is 3.07. The third-order valence-corrected chi connectivity index (χ3v) is 4.46. The molecule has 0 bridgehead atoms. The molecule has 0 amide bonds. The van der Waals surface area contributed by atoms with Crippen LogP contribution in [0.4, 0.5) is 0 Å². The first kappa shape index (κ1) is 19.0. The Morgan fingerprint density at radius 3 is 2.75 bits per heavy atom. The van der Waals surface area contributed by atoms with Crippen LogP contribution in [0.5, 0.6) is 5.75 Å². The van der Waals surface area contributed by atoms with Crippen LogP contribution in [-0.4, -0.2) is 22.2 Å². The summed E-state index contributed by atoms with van der Waals surface area (Å²) in [6.45, 7) is 2.26. The SMILES string of the molecule is CC1=C(C(=O)OCCn2cc[n+](C)c2)C(c2ccc(O)cc2)C(C#N)=C(N)O1. The van der Waals surface area contributed by atoms with Gasteiger partial charge in [0, 0.05) is 0 Å². The minimum absolute atomic E-state index is 0.0468. The zero-order valence-corrected chi connectivity index (χ0v) is 15.6. The molecule has 0 fully saturated rings. The molecule has 1 aliphatic heterocycles. The molecular formula is C20H21N4O4+. The maximum absolute atomic E-state index is 12.8. The largest absolute Gasteiger partial charge is 0.508 e. The van der Waals surface area contributed by atoms with E-state index < -0.39 is 11.9 Å². The highest BCUT2D eigenvalue weighted by molar-refractivity contribution is 5.92. The van der Waals surface area contributed by atoms with Gasteiger partial charge in [-0.2, -0.15) is 5.26 Å². The van der Waals surface area contributed by atoms with Gasteiger partial charge in [-0.15, -0.1) is 0 Å². The molecule has 3 rings (SSSR count). The van der Waals surface area contributed by atoms with Gasteiger partial charge in [-0.3, -0.25) is 0 Å². The van der Waals surface area contributed by atoms with E-state index in [-0.39, 0.29) is 35.1 Å². The molecule has 3 N–H and O–H groups in total.